The number of nitrogens with zero attached hydrogens (tertiary/aromatic N) is 7. The molecule has 0 aromatic carbocycles. The number of aromatic amines is 1. The second kappa shape index (κ2) is 56.4. The number of alkyl halides is 1. The van der Waals surface area contributed by atoms with E-state index in [-0.39, 0.29) is 76.0 Å². The Balaban J connectivity index is -0.000000213. The average molecular weight is 1850 g/mol. The first kappa shape index (κ1) is 94.5. The van der Waals surface area contributed by atoms with Crippen LogP contribution in [0.3, 0.4) is 0 Å². The number of aromatic nitrogens is 8. The van der Waals surface area contributed by atoms with Crippen molar-refractivity contribution < 1.29 is 64.1 Å². The first-order valence-electron chi connectivity index (χ1n) is 22.7. The number of halogens is 12. The number of carbonyl (C=O) groups excluding carboxylic acids is 2. The minimum absolute atomic E-state index is 0. The van der Waals surface area contributed by atoms with Gasteiger partial charge in [-0.05, 0) is 166 Å². The molecule has 0 aliphatic carbocycles. The number of nitrogens with one attached hydrogen (secondary N) is 1. The van der Waals surface area contributed by atoms with Crippen molar-refractivity contribution in [3.8, 4) is 0 Å². The summed E-state index contributed by atoms with van der Waals surface area (Å²) in [5.41, 5.74) is 8.00. The smallest absolute Gasteiger partial charge is 0.462 e. The van der Waals surface area contributed by atoms with E-state index >= 15 is 0 Å². The first-order chi connectivity index (χ1) is 37.9. The molecule has 7 aromatic heterocycles. The van der Waals surface area contributed by atoms with Crippen LogP contribution in [0.5, 0.6) is 0 Å². The van der Waals surface area contributed by atoms with Gasteiger partial charge in [-0.25, -0.2) is 14.6 Å². The number of pyridine rings is 6. The maximum Gasteiger partial charge on any atom is 2.00 e. The number of hydrogen-bond donors (Lipinski definition) is 2. The Morgan fingerprint density at radius 1 is 0.607 bits per heavy atom. The van der Waals surface area contributed by atoms with Crippen LogP contribution in [-0.4, -0.2) is 70.1 Å². The minimum atomic E-state index is -0.443. The molecule has 2 N–H and O–H groups in total. The predicted octanol–water partition coefficient (Wildman–Crippen LogP) is 20.9. The summed E-state index contributed by atoms with van der Waals surface area (Å²) < 4.78 is 10.9. The molecule has 0 bridgehead atoms. The van der Waals surface area contributed by atoms with E-state index in [1.165, 1.54) is 42.6 Å². The van der Waals surface area contributed by atoms with E-state index in [0.29, 0.717) is 65.5 Å². The molecule has 0 saturated carbocycles. The van der Waals surface area contributed by atoms with Gasteiger partial charge in [0.1, 0.15) is 4.03 Å². The predicted molar refractivity (Wildman–Crippen MR) is 369 cm³/mol. The molecule has 7 rings (SSSR count). The minimum Gasteiger partial charge on any atom is -0.462 e. The van der Waals surface area contributed by atoms with E-state index in [1.54, 1.807) is 91.0 Å². The van der Waals surface area contributed by atoms with Crippen LogP contribution in [-0.2, 0) is 67.1 Å². The number of aryl methyl sites for hydroxylation is 5. The van der Waals surface area contributed by atoms with Gasteiger partial charge in [0.25, 0.3) is 5.56 Å². The first-order valence-corrected chi connectivity index (χ1v) is 36.1. The fraction of sp³-hybridized carbons (Fsp3) is 0.296. The number of aliphatic hydroxyl groups excluding tert-OH is 1. The van der Waals surface area contributed by atoms with E-state index in [1.807, 2.05) is 27.0 Å². The number of esters is 2. The standard InChI is InChI=1S/C12H12ClN3OS.C9H10ClNO2.C8H7BrClNO2.C7H7BrClN.C7H8ClNO.C5H3BrClN.2C2H5.2CH4.Br3P.Pd.Zn/c1-7-4-14-5-10(13)9(7)6-18-12-15-8(2)3-11(17)16-12;1-3-13-9(12)8-6(2)4-11-5-7(8)10;1-2-13-8(12)7-5(9)3-11-4-6(7)10;1-5-3-10-4-7(9)6(5)2-8;1-5-2-9-3-7(8)6(5)4-10;6-4-1-5(7)3-8-2-4;2*1-2;;;1-4(2)3;;/h3-5H,6H2,1-2H3,(H,15,16,17);4-5H,3H2,1-2H3;3-4H,2H2,1H3;3-4H,2H2,1H3;2-3,10H,4H2,1H3;1-3H;2*1H2,2H3;2*1H4;;;/q;;;;;;2*-1;;;;;+2. The SMILES string of the molecule is BrP(Br)Br.C.C.CCOC(=O)c1c(C)cncc1Cl.CCOC(=O)c1c(Cl)cncc1Br.Cc1cc(=O)[nH]c(SCc2c(C)cncc2Cl)n1.Cc1cncc(Cl)c1CBr.Cc1cncc(Cl)c1CO.Clc1cncc(Br)c1.[CH2-]C.[CH2-]C.[Pd].[Zn+2]. The van der Waals surface area contributed by atoms with Crippen molar-refractivity contribution in [2.45, 2.75) is 100 Å². The quantitative estimate of drug-likeness (QED) is 0.0263. The summed E-state index contributed by atoms with van der Waals surface area (Å²) in [4.78, 5) is 64.2. The summed E-state index contributed by atoms with van der Waals surface area (Å²) >= 11 is 55.4. The number of ether oxygens (including phenoxy) is 2. The van der Waals surface area contributed by atoms with Gasteiger partial charge in [0.05, 0.1) is 65.6 Å². The Kier molecular flexibility index (Phi) is 63.4. The third-order valence-corrected chi connectivity index (χ3v) is 13.0. The topological polar surface area (TPSA) is 196 Å². The van der Waals surface area contributed by atoms with Crippen LogP contribution in [0.2, 0.25) is 30.1 Å². The fourth-order valence-electron chi connectivity index (χ4n) is 5.18. The molecule has 0 aliphatic heterocycles. The van der Waals surface area contributed by atoms with Crippen LogP contribution < -0.4 is 5.56 Å². The summed E-state index contributed by atoms with van der Waals surface area (Å²) in [5.74, 6) is -0.186. The van der Waals surface area contributed by atoms with Crippen molar-refractivity contribution in [3.63, 3.8) is 0 Å². The Morgan fingerprint density at radius 3 is 1.32 bits per heavy atom. The Morgan fingerprint density at radius 2 is 0.988 bits per heavy atom. The zero-order valence-corrected chi connectivity index (χ0v) is 65.9. The van der Waals surface area contributed by atoms with E-state index in [2.05, 4.69) is 148 Å². The van der Waals surface area contributed by atoms with Gasteiger partial charge in [0.2, 0.25) is 0 Å². The second-order valence-electron chi connectivity index (χ2n) is 14.3. The number of thioether (sulfide) groups is 1. The number of H-pyrrole nitrogens is 1. The molecule has 0 saturated heterocycles. The molecule has 30 heteroatoms. The van der Waals surface area contributed by atoms with Gasteiger partial charge in [-0.1, -0.05) is 112 Å². The van der Waals surface area contributed by atoms with E-state index in [0.717, 1.165) is 53.8 Å². The van der Waals surface area contributed by atoms with Gasteiger partial charge in [0.15, 0.2) is 5.16 Å². The number of hydrogen-bond acceptors (Lipinski definition) is 14. The molecule has 0 radical (unpaired) electrons. The van der Waals surface area contributed by atoms with Crippen LogP contribution in [0.15, 0.2) is 105 Å². The van der Waals surface area contributed by atoms with Crippen LogP contribution in [0, 0.1) is 48.5 Å². The zero-order chi connectivity index (χ0) is 61.5. The van der Waals surface area contributed by atoms with Crippen LogP contribution in [0.4, 0.5) is 0 Å². The maximum absolute atomic E-state index is 11.4. The van der Waals surface area contributed by atoms with Crippen LogP contribution in [0.1, 0.15) is 108 Å². The summed E-state index contributed by atoms with van der Waals surface area (Å²) in [6.07, 6.45) is 19.3. The fourth-order valence-corrected chi connectivity index (χ4v) is 9.81. The number of aliphatic hydroxyl groups is 1. The summed E-state index contributed by atoms with van der Waals surface area (Å²) in [6.45, 7) is 23.5. The summed E-state index contributed by atoms with van der Waals surface area (Å²) in [5, 5.41) is 13.4. The van der Waals surface area contributed by atoms with Crippen molar-refractivity contribution in [1.29, 1.82) is 0 Å². The molecule has 0 amide bonds. The zero-order valence-electron chi connectivity index (χ0n) is 45.6. The molecule has 84 heavy (non-hydrogen) atoms. The van der Waals surface area contributed by atoms with Gasteiger partial charge in [-0.3, -0.25) is 34.7 Å². The monoisotopic (exact) mass is 1840 g/mol. The largest absolute Gasteiger partial charge is 2.00 e. The Hall–Kier alpha value is -0.634. The molecule has 464 valence electrons. The molecule has 7 heterocycles. The molecule has 0 fully saturated rings. The molecule has 14 nitrogen and oxygen atoms in total. The van der Waals surface area contributed by atoms with Crippen LogP contribution >= 0.6 is 180 Å². The van der Waals surface area contributed by atoms with Gasteiger partial charge >= 0.3 is 31.4 Å². The molecular weight excluding hydrogens is 1780 g/mol. The van der Waals surface area contributed by atoms with Crippen molar-refractivity contribution in [2.75, 3.05) is 13.2 Å². The number of rotatable bonds is 9. The summed E-state index contributed by atoms with van der Waals surface area (Å²) in [7, 11) is 0. The normalized spacial score (nSPS) is 9.11. The molecule has 0 atom stereocenters. The summed E-state index contributed by atoms with van der Waals surface area (Å²) in [6, 6.07) is 3.25. The van der Waals surface area contributed by atoms with E-state index in [9.17, 15) is 14.4 Å². The van der Waals surface area contributed by atoms with E-state index in [4.69, 9.17) is 84.2 Å². The Labute approximate surface area is 607 Å². The van der Waals surface area contributed by atoms with Crippen molar-refractivity contribution in [2.24, 2.45) is 0 Å². The van der Waals surface area contributed by atoms with E-state index < -0.39 is 11.9 Å². The van der Waals surface area contributed by atoms with Crippen molar-refractivity contribution in [1.82, 2.24) is 39.9 Å². The van der Waals surface area contributed by atoms with Crippen LogP contribution in [0.25, 0.3) is 0 Å². The average Bonchev–Trinajstić information content (AvgIpc) is 3.38. The van der Waals surface area contributed by atoms with Gasteiger partial charge in [-0.2, -0.15) is 13.8 Å². The third kappa shape index (κ3) is 40.2. The molecule has 0 spiro atoms. The van der Waals surface area contributed by atoms with Crippen molar-refractivity contribution in [3.05, 3.63) is 206 Å². The maximum atomic E-state index is 11.4. The van der Waals surface area contributed by atoms with Gasteiger partial charge < -0.3 is 33.4 Å². The van der Waals surface area contributed by atoms with Crippen molar-refractivity contribution >= 4 is 192 Å². The second-order valence-corrected chi connectivity index (χ2v) is 35.4. The molecular formula is C54H65Br6Cl6N8O6PPdSZn. The van der Waals surface area contributed by atoms with Gasteiger partial charge in [-0.15, -0.1) is 0 Å². The number of carbonyl (C=O) groups is 2. The third-order valence-electron chi connectivity index (χ3n) is 8.73. The Bertz CT molecular complexity index is 2780. The molecule has 0 unspecified atom stereocenters. The van der Waals surface area contributed by atoms with Gasteiger partial charge in [0, 0.05) is 128 Å². The molecule has 7 aromatic rings. The molecule has 0 aliphatic rings.